The van der Waals surface area contributed by atoms with Crippen LogP contribution in [0.2, 0.25) is 0 Å². The van der Waals surface area contributed by atoms with E-state index < -0.39 is 0 Å². The van der Waals surface area contributed by atoms with E-state index in [1.807, 2.05) is 24.3 Å². The molecule has 0 fully saturated rings. The van der Waals surface area contributed by atoms with Gasteiger partial charge in [0.05, 0.1) is 13.2 Å². The fraction of sp³-hybridized carbons (Fsp3) is 0.625. The minimum atomic E-state index is 0.808. The van der Waals surface area contributed by atoms with Crippen molar-refractivity contribution in [2.24, 2.45) is 0 Å². The first-order valence-electron chi connectivity index (χ1n) is 14.5. The highest BCUT2D eigenvalue weighted by molar-refractivity contribution is 5.61. The van der Waals surface area contributed by atoms with Crippen molar-refractivity contribution in [1.82, 2.24) is 0 Å². The summed E-state index contributed by atoms with van der Waals surface area (Å²) in [6, 6.07) is 16.5. The summed E-state index contributed by atoms with van der Waals surface area (Å²) in [4.78, 5) is 0. The van der Waals surface area contributed by atoms with E-state index in [0.717, 1.165) is 48.9 Å². The Labute approximate surface area is 216 Å². The van der Waals surface area contributed by atoms with Gasteiger partial charge in [-0.15, -0.1) is 0 Å². The van der Waals surface area contributed by atoms with Crippen LogP contribution in [-0.2, 0) is 0 Å². The van der Waals surface area contributed by atoms with Crippen LogP contribution in [0.1, 0.15) is 117 Å². The summed E-state index contributed by atoms with van der Waals surface area (Å²) in [6.07, 6.45) is 21.2. The first kappa shape index (κ1) is 29.1. The second-order valence-corrected chi connectivity index (χ2v) is 9.82. The summed E-state index contributed by atoms with van der Waals surface area (Å²) in [7, 11) is 0. The molecule has 0 unspecified atom stereocenters. The molecular weight excluding hydrogens is 430 g/mol. The molecule has 35 heavy (non-hydrogen) atoms. The molecule has 0 aliphatic carbocycles. The Hall–Kier alpha value is -2.16. The maximum absolute atomic E-state index is 5.91. The number of ether oxygens (including phenoxy) is 2. The van der Waals surface area contributed by atoms with Crippen molar-refractivity contribution < 1.29 is 9.47 Å². The molecular formula is C32H51NO2. The molecule has 0 heterocycles. The number of benzene rings is 2. The third-order valence-corrected chi connectivity index (χ3v) is 6.53. The molecule has 3 heteroatoms. The fourth-order valence-electron chi connectivity index (χ4n) is 4.29. The fourth-order valence-corrected chi connectivity index (χ4v) is 4.29. The third-order valence-electron chi connectivity index (χ3n) is 6.53. The number of hydrogen-bond donors (Lipinski definition) is 1. The van der Waals surface area contributed by atoms with E-state index >= 15 is 0 Å². The summed E-state index contributed by atoms with van der Waals surface area (Å²) in [5, 5.41) is 3.46. The lowest BCUT2D eigenvalue weighted by molar-refractivity contribution is 0.304. The van der Waals surface area contributed by atoms with Crippen molar-refractivity contribution in [3.05, 3.63) is 48.5 Å². The van der Waals surface area contributed by atoms with Gasteiger partial charge in [0.25, 0.3) is 0 Å². The highest BCUT2D eigenvalue weighted by atomic mass is 16.5. The van der Waals surface area contributed by atoms with Gasteiger partial charge < -0.3 is 14.8 Å². The monoisotopic (exact) mass is 481 g/mol. The number of hydrogen-bond acceptors (Lipinski definition) is 3. The van der Waals surface area contributed by atoms with Crippen molar-refractivity contribution in [2.75, 3.05) is 18.5 Å². The molecule has 0 bridgehead atoms. The molecule has 0 aliphatic rings. The Morgan fingerprint density at radius 3 is 1.09 bits per heavy atom. The highest BCUT2D eigenvalue weighted by Crippen LogP contribution is 2.23. The van der Waals surface area contributed by atoms with E-state index in [-0.39, 0.29) is 0 Å². The maximum atomic E-state index is 5.91. The molecule has 0 amide bonds. The van der Waals surface area contributed by atoms with Crippen LogP contribution in [0, 0.1) is 0 Å². The van der Waals surface area contributed by atoms with Gasteiger partial charge in [-0.05, 0) is 61.4 Å². The molecule has 196 valence electrons. The van der Waals surface area contributed by atoms with E-state index in [0.29, 0.717) is 0 Å². The predicted octanol–water partition coefficient (Wildman–Crippen LogP) is 10.5. The molecule has 2 aromatic carbocycles. The van der Waals surface area contributed by atoms with Crippen LogP contribution in [-0.4, -0.2) is 13.2 Å². The molecule has 0 radical (unpaired) electrons. The van der Waals surface area contributed by atoms with Crippen LogP contribution in [0.25, 0.3) is 0 Å². The molecule has 0 aliphatic heterocycles. The average Bonchev–Trinajstić information content (AvgIpc) is 2.88. The molecule has 1 N–H and O–H groups in total. The Morgan fingerprint density at radius 2 is 0.743 bits per heavy atom. The van der Waals surface area contributed by atoms with Gasteiger partial charge in [0.2, 0.25) is 0 Å². The Bertz CT molecular complexity index is 663. The van der Waals surface area contributed by atoms with Gasteiger partial charge in [-0.25, -0.2) is 0 Å². The predicted molar refractivity (Wildman–Crippen MR) is 152 cm³/mol. The first-order chi connectivity index (χ1) is 17.3. The molecule has 3 nitrogen and oxygen atoms in total. The number of anilines is 2. The molecule has 2 aromatic rings. The van der Waals surface area contributed by atoms with Gasteiger partial charge in [-0.2, -0.15) is 0 Å². The normalized spacial score (nSPS) is 10.9. The number of rotatable bonds is 22. The number of unbranched alkanes of at least 4 members (excludes halogenated alkanes) is 14. The standard InChI is InChI=1S/C32H51NO2/c1-3-5-7-9-11-13-15-17-27-34-31-23-19-29(20-24-31)33-30-21-25-32(26-22-30)35-28-18-16-14-12-10-8-6-4-2/h19-26,33H,3-18,27-28H2,1-2H3. The van der Waals surface area contributed by atoms with Crippen molar-refractivity contribution in [3.8, 4) is 11.5 Å². The van der Waals surface area contributed by atoms with Crippen LogP contribution in [0.4, 0.5) is 11.4 Å². The zero-order valence-corrected chi connectivity index (χ0v) is 22.7. The lowest BCUT2D eigenvalue weighted by atomic mass is 10.1. The van der Waals surface area contributed by atoms with Crippen molar-refractivity contribution in [2.45, 2.75) is 117 Å². The van der Waals surface area contributed by atoms with E-state index in [1.54, 1.807) is 0 Å². The minimum absolute atomic E-state index is 0.808. The lowest BCUT2D eigenvalue weighted by Gasteiger charge is -2.10. The van der Waals surface area contributed by atoms with Gasteiger partial charge >= 0.3 is 0 Å². The van der Waals surface area contributed by atoms with Gasteiger partial charge in [-0.1, -0.05) is 104 Å². The number of nitrogens with one attached hydrogen (secondary N) is 1. The summed E-state index contributed by atoms with van der Waals surface area (Å²) in [5.74, 6) is 1.89. The van der Waals surface area contributed by atoms with Crippen LogP contribution in [0.3, 0.4) is 0 Å². The highest BCUT2D eigenvalue weighted by Gasteiger charge is 2.00. The lowest BCUT2D eigenvalue weighted by Crippen LogP contribution is -1.98. The van der Waals surface area contributed by atoms with E-state index in [4.69, 9.17) is 9.47 Å². The smallest absolute Gasteiger partial charge is 0.119 e. The summed E-state index contributed by atoms with van der Waals surface area (Å²) < 4.78 is 11.8. The molecule has 0 spiro atoms. The van der Waals surface area contributed by atoms with Gasteiger partial charge in [-0.3, -0.25) is 0 Å². The third kappa shape index (κ3) is 14.8. The molecule has 0 saturated heterocycles. The second kappa shape index (κ2) is 20.1. The second-order valence-electron chi connectivity index (χ2n) is 9.82. The topological polar surface area (TPSA) is 30.5 Å². The van der Waals surface area contributed by atoms with Crippen LogP contribution < -0.4 is 14.8 Å². The van der Waals surface area contributed by atoms with E-state index in [1.165, 1.54) is 89.9 Å². The SMILES string of the molecule is CCCCCCCCCCOc1ccc(Nc2ccc(OCCCCCCCCCC)cc2)cc1. The Balaban J connectivity index is 1.54. The largest absolute Gasteiger partial charge is 0.494 e. The summed E-state index contributed by atoms with van der Waals surface area (Å²) in [6.45, 7) is 6.15. The average molecular weight is 482 g/mol. The van der Waals surface area contributed by atoms with E-state index in [9.17, 15) is 0 Å². The Kier molecular flexibility index (Phi) is 16.7. The quantitative estimate of drug-likeness (QED) is 0.170. The van der Waals surface area contributed by atoms with Crippen LogP contribution >= 0.6 is 0 Å². The molecule has 0 atom stereocenters. The maximum Gasteiger partial charge on any atom is 0.119 e. The van der Waals surface area contributed by atoms with E-state index in [2.05, 4.69) is 43.4 Å². The zero-order valence-electron chi connectivity index (χ0n) is 22.7. The molecule has 2 rings (SSSR count). The van der Waals surface area contributed by atoms with Crippen molar-refractivity contribution in [1.29, 1.82) is 0 Å². The Morgan fingerprint density at radius 1 is 0.429 bits per heavy atom. The minimum Gasteiger partial charge on any atom is -0.494 e. The molecule has 0 aromatic heterocycles. The van der Waals surface area contributed by atoms with Crippen LogP contribution in [0.5, 0.6) is 11.5 Å². The first-order valence-corrected chi connectivity index (χ1v) is 14.5. The zero-order chi connectivity index (χ0) is 24.8. The summed E-state index contributed by atoms with van der Waals surface area (Å²) >= 11 is 0. The van der Waals surface area contributed by atoms with Crippen molar-refractivity contribution in [3.63, 3.8) is 0 Å². The van der Waals surface area contributed by atoms with Crippen LogP contribution in [0.15, 0.2) is 48.5 Å². The van der Waals surface area contributed by atoms with Gasteiger partial charge in [0.1, 0.15) is 11.5 Å². The van der Waals surface area contributed by atoms with Gasteiger partial charge in [0.15, 0.2) is 0 Å². The van der Waals surface area contributed by atoms with Gasteiger partial charge in [0, 0.05) is 11.4 Å². The summed E-state index contributed by atoms with van der Waals surface area (Å²) in [5.41, 5.74) is 2.13. The molecule has 0 saturated carbocycles. The van der Waals surface area contributed by atoms with Crippen molar-refractivity contribution >= 4 is 11.4 Å².